The summed E-state index contributed by atoms with van der Waals surface area (Å²) >= 11 is 0. The molecule has 3 aromatic rings. The number of likely N-dealkylation sites (tertiary alicyclic amines) is 1. The Morgan fingerprint density at radius 2 is 1.72 bits per heavy atom. The molecule has 1 aromatic heterocycles. The van der Waals surface area contributed by atoms with Gasteiger partial charge in [-0.2, -0.15) is 0 Å². The second-order valence-corrected chi connectivity index (χ2v) is 7.99. The molecule has 0 saturated carbocycles. The average Bonchev–Trinajstić information content (AvgIpc) is 2.79. The number of ether oxygens (including phenoxy) is 1. The lowest BCUT2D eigenvalue weighted by atomic mass is 9.93. The van der Waals surface area contributed by atoms with Gasteiger partial charge in [0.2, 0.25) is 0 Å². The predicted molar refractivity (Wildman–Crippen MR) is 119 cm³/mol. The van der Waals surface area contributed by atoms with Crippen molar-refractivity contribution < 1.29 is 4.74 Å². The fraction of sp³-hybridized carbons (Fsp3) is 0.346. The summed E-state index contributed by atoms with van der Waals surface area (Å²) in [4.78, 5) is 7.42. The molecule has 1 aliphatic rings. The van der Waals surface area contributed by atoms with E-state index < -0.39 is 0 Å². The Morgan fingerprint density at radius 3 is 2.45 bits per heavy atom. The second kappa shape index (κ2) is 9.71. The van der Waals surface area contributed by atoms with Crippen LogP contribution >= 0.6 is 0 Å². The second-order valence-electron chi connectivity index (χ2n) is 7.99. The molecule has 3 heteroatoms. The maximum atomic E-state index is 5.25. The summed E-state index contributed by atoms with van der Waals surface area (Å²) in [5.74, 6) is 1.47. The zero-order valence-corrected chi connectivity index (χ0v) is 17.3. The Hall–Kier alpha value is -2.65. The Labute approximate surface area is 174 Å². The van der Waals surface area contributed by atoms with Crippen LogP contribution in [0, 0.1) is 0 Å². The molecule has 150 valence electrons. The lowest BCUT2D eigenvalue weighted by Crippen LogP contribution is -2.36. The van der Waals surface area contributed by atoms with Crippen molar-refractivity contribution >= 4 is 0 Å². The third kappa shape index (κ3) is 5.45. The Morgan fingerprint density at radius 1 is 0.931 bits per heavy atom. The summed E-state index contributed by atoms with van der Waals surface area (Å²) in [6, 6.07) is 23.6. The molecule has 2 aromatic carbocycles. The van der Waals surface area contributed by atoms with Crippen LogP contribution < -0.4 is 4.74 Å². The van der Waals surface area contributed by atoms with Gasteiger partial charge in [-0.15, -0.1) is 0 Å². The summed E-state index contributed by atoms with van der Waals surface area (Å²) in [6.07, 6.45) is 6.59. The van der Waals surface area contributed by atoms with E-state index in [4.69, 9.17) is 9.72 Å². The third-order valence-electron chi connectivity index (χ3n) is 5.90. The molecule has 0 N–H and O–H groups in total. The highest BCUT2D eigenvalue weighted by Gasteiger charge is 2.22. The molecule has 3 nitrogen and oxygen atoms in total. The molecular weight excluding hydrogens is 356 g/mol. The largest absolute Gasteiger partial charge is 0.497 e. The van der Waals surface area contributed by atoms with Crippen LogP contribution in [0.15, 0.2) is 72.9 Å². The highest BCUT2D eigenvalue weighted by molar-refractivity contribution is 5.28. The van der Waals surface area contributed by atoms with Gasteiger partial charge in [-0.05, 0) is 67.1 Å². The van der Waals surface area contributed by atoms with Gasteiger partial charge in [0.15, 0.2) is 0 Å². The summed E-state index contributed by atoms with van der Waals surface area (Å²) in [7, 11) is 1.71. The molecule has 4 rings (SSSR count). The van der Waals surface area contributed by atoms with E-state index in [2.05, 4.69) is 77.8 Å². The molecule has 1 fully saturated rings. The molecule has 0 aliphatic carbocycles. The lowest BCUT2D eigenvalue weighted by Gasteiger charge is -2.32. The van der Waals surface area contributed by atoms with Crippen molar-refractivity contribution in [3.8, 4) is 5.75 Å². The Balaban J connectivity index is 1.31. The molecule has 1 saturated heterocycles. The van der Waals surface area contributed by atoms with Crippen molar-refractivity contribution in [3.05, 3.63) is 95.3 Å². The van der Waals surface area contributed by atoms with Crippen LogP contribution in [0.4, 0.5) is 0 Å². The monoisotopic (exact) mass is 386 g/mol. The van der Waals surface area contributed by atoms with Crippen molar-refractivity contribution in [3.63, 3.8) is 0 Å². The van der Waals surface area contributed by atoms with Crippen molar-refractivity contribution in [1.82, 2.24) is 9.88 Å². The number of aromatic nitrogens is 1. The molecule has 0 radical (unpaired) electrons. The molecule has 0 spiro atoms. The molecule has 1 aliphatic heterocycles. The van der Waals surface area contributed by atoms with Crippen molar-refractivity contribution in [2.24, 2.45) is 0 Å². The minimum atomic E-state index is 0.547. The van der Waals surface area contributed by atoms with Gasteiger partial charge in [0.05, 0.1) is 7.11 Å². The standard InChI is InChI=1S/C26H30N2O/c1-29-25-12-9-21(10-13-25)15-17-28-16-5-8-24(20-28)26-14-11-23(19-27-26)18-22-6-3-2-4-7-22/h2-4,6-7,9-14,19,24H,5,8,15-18,20H2,1H3/t24-/m1/s1. The Bertz CT molecular complexity index is 875. The van der Waals surface area contributed by atoms with Crippen LogP contribution in [0.2, 0.25) is 0 Å². The highest BCUT2D eigenvalue weighted by atomic mass is 16.5. The first kappa shape index (κ1) is 19.7. The number of hydrogen-bond acceptors (Lipinski definition) is 3. The quantitative estimate of drug-likeness (QED) is 0.565. The number of benzene rings is 2. The van der Waals surface area contributed by atoms with Gasteiger partial charge < -0.3 is 9.64 Å². The number of hydrogen-bond donors (Lipinski definition) is 0. The van der Waals surface area contributed by atoms with E-state index in [0.29, 0.717) is 5.92 Å². The third-order valence-corrected chi connectivity index (χ3v) is 5.90. The van der Waals surface area contributed by atoms with E-state index in [1.807, 2.05) is 0 Å². The van der Waals surface area contributed by atoms with Crippen LogP contribution in [0.5, 0.6) is 5.75 Å². The smallest absolute Gasteiger partial charge is 0.118 e. The maximum Gasteiger partial charge on any atom is 0.118 e. The summed E-state index contributed by atoms with van der Waals surface area (Å²) in [5, 5.41) is 0. The first-order chi connectivity index (χ1) is 14.3. The van der Waals surface area contributed by atoms with Crippen LogP contribution in [0.3, 0.4) is 0 Å². The van der Waals surface area contributed by atoms with Crippen LogP contribution in [-0.2, 0) is 12.8 Å². The molecular formula is C26H30N2O. The fourth-order valence-corrected chi connectivity index (χ4v) is 4.19. The lowest BCUT2D eigenvalue weighted by molar-refractivity contribution is 0.208. The SMILES string of the molecule is COc1ccc(CCN2CCC[C@@H](c3ccc(Cc4ccccc4)cn3)C2)cc1. The van der Waals surface area contributed by atoms with Crippen LogP contribution in [-0.4, -0.2) is 36.6 Å². The van der Waals surface area contributed by atoms with Gasteiger partial charge in [-0.1, -0.05) is 48.5 Å². The topological polar surface area (TPSA) is 25.4 Å². The summed E-state index contributed by atoms with van der Waals surface area (Å²) in [6.45, 7) is 3.41. The minimum absolute atomic E-state index is 0.547. The molecule has 0 unspecified atom stereocenters. The van der Waals surface area contributed by atoms with E-state index in [0.717, 1.165) is 31.7 Å². The first-order valence-corrected chi connectivity index (χ1v) is 10.6. The Kier molecular flexibility index (Phi) is 6.58. The zero-order chi connectivity index (χ0) is 19.9. The number of nitrogens with zero attached hydrogens (tertiary/aromatic N) is 2. The highest BCUT2D eigenvalue weighted by Crippen LogP contribution is 2.26. The van der Waals surface area contributed by atoms with Gasteiger partial charge in [0, 0.05) is 30.9 Å². The predicted octanol–water partition coefficient (Wildman–Crippen LogP) is 5.10. The molecule has 2 heterocycles. The van der Waals surface area contributed by atoms with E-state index in [1.54, 1.807) is 7.11 Å². The van der Waals surface area contributed by atoms with Gasteiger partial charge in [-0.3, -0.25) is 4.98 Å². The van der Waals surface area contributed by atoms with Crippen molar-refractivity contribution in [2.45, 2.75) is 31.6 Å². The number of piperidine rings is 1. The van der Waals surface area contributed by atoms with E-state index in [9.17, 15) is 0 Å². The maximum absolute atomic E-state index is 5.25. The van der Waals surface area contributed by atoms with Gasteiger partial charge in [0.1, 0.15) is 5.75 Å². The summed E-state index contributed by atoms with van der Waals surface area (Å²) in [5.41, 5.74) is 5.24. The molecule has 29 heavy (non-hydrogen) atoms. The van der Waals surface area contributed by atoms with Gasteiger partial charge in [-0.25, -0.2) is 0 Å². The van der Waals surface area contributed by atoms with E-state index >= 15 is 0 Å². The number of methoxy groups -OCH3 is 1. The minimum Gasteiger partial charge on any atom is -0.497 e. The van der Waals surface area contributed by atoms with Crippen molar-refractivity contribution in [2.75, 3.05) is 26.7 Å². The van der Waals surface area contributed by atoms with E-state index in [1.165, 1.54) is 41.8 Å². The van der Waals surface area contributed by atoms with E-state index in [-0.39, 0.29) is 0 Å². The number of pyridine rings is 1. The normalized spacial score (nSPS) is 17.2. The fourth-order valence-electron chi connectivity index (χ4n) is 4.19. The van der Waals surface area contributed by atoms with Gasteiger partial charge in [0.25, 0.3) is 0 Å². The zero-order valence-electron chi connectivity index (χ0n) is 17.3. The van der Waals surface area contributed by atoms with Gasteiger partial charge >= 0.3 is 0 Å². The number of rotatable bonds is 7. The van der Waals surface area contributed by atoms with Crippen molar-refractivity contribution in [1.29, 1.82) is 0 Å². The average molecular weight is 387 g/mol. The van der Waals surface area contributed by atoms with Crippen LogP contribution in [0.25, 0.3) is 0 Å². The molecule has 0 amide bonds. The van der Waals surface area contributed by atoms with Crippen LogP contribution in [0.1, 0.15) is 41.1 Å². The molecule has 1 atom stereocenters. The molecule has 0 bridgehead atoms. The summed E-state index contributed by atoms with van der Waals surface area (Å²) < 4.78 is 5.25. The first-order valence-electron chi connectivity index (χ1n) is 10.6.